The third-order valence-electron chi connectivity index (χ3n) is 6.23. The predicted molar refractivity (Wildman–Crippen MR) is 134 cm³/mol. The fourth-order valence-corrected chi connectivity index (χ4v) is 5.06. The molecular weight excluding hydrogens is 464 g/mol. The maximum absolute atomic E-state index is 13.2. The molecule has 0 bridgehead atoms. The number of para-hydroxylation sites is 2. The van der Waals surface area contributed by atoms with Crippen molar-refractivity contribution in [1.82, 2.24) is 19.4 Å². The zero-order valence-electron chi connectivity index (χ0n) is 19.1. The van der Waals surface area contributed by atoms with Gasteiger partial charge in [0, 0.05) is 29.8 Å². The van der Waals surface area contributed by atoms with Gasteiger partial charge in [-0.15, -0.1) is 0 Å². The minimum atomic E-state index is 0.0901. The van der Waals surface area contributed by atoms with Crippen LogP contribution in [0, 0.1) is 5.92 Å². The van der Waals surface area contributed by atoms with Crippen LogP contribution in [0.25, 0.3) is 16.7 Å². The zero-order chi connectivity index (χ0) is 22.5. The summed E-state index contributed by atoms with van der Waals surface area (Å²) in [6, 6.07) is 16.7. The first kappa shape index (κ1) is 23.0. The molecule has 1 amide bonds. The summed E-state index contributed by atoms with van der Waals surface area (Å²) >= 11 is 3.54. The van der Waals surface area contributed by atoms with E-state index < -0.39 is 0 Å². The maximum atomic E-state index is 13.2. The number of hydrogen-bond donors (Lipinski definition) is 0. The molecule has 1 atom stereocenters. The molecule has 6 heteroatoms. The van der Waals surface area contributed by atoms with E-state index in [1.807, 2.05) is 6.07 Å². The number of nitrogens with zero attached hydrogens (tertiary/aromatic N) is 4. The third kappa shape index (κ3) is 5.07. The van der Waals surface area contributed by atoms with E-state index in [-0.39, 0.29) is 5.92 Å². The van der Waals surface area contributed by atoms with E-state index in [1.165, 1.54) is 0 Å². The Bertz CT molecular complexity index is 1040. The first-order valence-corrected chi connectivity index (χ1v) is 12.6. The average Bonchev–Trinajstić information content (AvgIpc) is 3.17. The van der Waals surface area contributed by atoms with Crippen LogP contribution in [0.2, 0.25) is 0 Å². The second-order valence-corrected chi connectivity index (χ2v) is 9.64. The van der Waals surface area contributed by atoms with Gasteiger partial charge in [0.25, 0.3) is 0 Å². The van der Waals surface area contributed by atoms with Crippen LogP contribution >= 0.6 is 15.9 Å². The molecule has 1 aromatic heterocycles. The molecule has 32 heavy (non-hydrogen) atoms. The smallest absolute Gasteiger partial charge is 0.226 e. The molecule has 0 aliphatic carbocycles. The van der Waals surface area contributed by atoms with Crippen LogP contribution in [0.1, 0.15) is 45.4 Å². The van der Waals surface area contributed by atoms with Crippen LogP contribution in [0.3, 0.4) is 0 Å². The number of likely N-dealkylation sites (tertiary alicyclic amines) is 1. The number of rotatable bonds is 8. The van der Waals surface area contributed by atoms with E-state index in [0.29, 0.717) is 5.91 Å². The molecule has 1 aliphatic heterocycles. The summed E-state index contributed by atoms with van der Waals surface area (Å²) in [5.74, 6) is 1.45. The van der Waals surface area contributed by atoms with Crippen molar-refractivity contribution in [2.24, 2.45) is 5.92 Å². The van der Waals surface area contributed by atoms with Crippen molar-refractivity contribution < 1.29 is 4.79 Å². The van der Waals surface area contributed by atoms with E-state index in [4.69, 9.17) is 4.98 Å². The molecule has 0 N–H and O–H groups in total. The largest absolute Gasteiger partial charge is 0.342 e. The topological polar surface area (TPSA) is 41.4 Å². The minimum Gasteiger partial charge on any atom is -0.342 e. The number of piperidine rings is 1. The molecule has 4 rings (SSSR count). The number of carbonyl (C=O) groups is 1. The fourth-order valence-electron chi connectivity index (χ4n) is 4.79. The van der Waals surface area contributed by atoms with Gasteiger partial charge in [-0.05, 0) is 68.6 Å². The highest BCUT2D eigenvalue weighted by Gasteiger charge is 2.29. The number of carbonyl (C=O) groups excluding carboxylic acids is 1. The Balaban J connectivity index is 1.57. The van der Waals surface area contributed by atoms with Crippen molar-refractivity contribution in [1.29, 1.82) is 0 Å². The van der Waals surface area contributed by atoms with Crippen molar-refractivity contribution in [3.63, 3.8) is 0 Å². The number of hydrogen-bond acceptors (Lipinski definition) is 3. The number of fused-ring (bicyclic) bond motifs is 1. The molecule has 1 saturated heterocycles. The Morgan fingerprint density at radius 1 is 1.09 bits per heavy atom. The van der Waals surface area contributed by atoms with E-state index in [2.05, 4.69) is 86.6 Å². The van der Waals surface area contributed by atoms with Gasteiger partial charge in [0.2, 0.25) is 5.91 Å². The minimum absolute atomic E-state index is 0.0901. The molecule has 1 aliphatic rings. The van der Waals surface area contributed by atoms with Gasteiger partial charge in [0.15, 0.2) is 0 Å². The molecule has 0 radical (unpaired) electrons. The van der Waals surface area contributed by atoms with Crippen molar-refractivity contribution in [2.45, 2.75) is 46.1 Å². The molecule has 2 heterocycles. The lowest BCUT2D eigenvalue weighted by Crippen LogP contribution is -2.45. The Kier molecular flexibility index (Phi) is 7.63. The van der Waals surface area contributed by atoms with E-state index in [1.54, 1.807) is 0 Å². The van der Waals surface area contributed by atoms with Crippen molar-refractivity contribution in [2.75, 3.05) is 26.2 Å². The monoisotopic (exact) mass is 496 g/mol. The van der Waals surface area contributed by atoms with Gasteiger partial charge in [0.1, 0.15) is 5.82 Å². The Hall–Kier alpha value is -2.18. The van der Waals surface area contributed by atoms with Gasteiger partial charge in [-0.3, -0.25) is 14.3 Å². The van der Waals surface area contributed by atoms with Gasteiger partial charge in [-0.2, -0.15) is 0 Å². The Morgan fingerprint density at radius 3 is 2.53 bits per heavy atom. The molecular formula is C26H33BrN4O. The van der Waals surface area contributed by atoms with Crippen LogP contribution in [-0.4, -0.2) is 51.4 Å². The van der Waals surface area contributed by atoms with Crippen molar-refractivity contribution in [3.05, 3.63) is 58.8 Å². The molecule has 0 unspecified atom stereocenters. The quantitative estimate of drug-likeness (QED) is 0.404. The van der Waals surface area contributed by atoms with Crippen LogP contribution < -0.4 is 0 Å². The molecule has 3 aromatic rings. The normalized spacial score (nSPS) is 17.0. The zero-order valence-corrected chi connectivity index (χ0v) is 20.7. The second-order valence-electron chi connectivity index (χ2n) is 8.73. The van der Waals surface area contributed by atoms with E-state index in [9.17, 15) is 4.79 Å². The van der Waals surface area contributed by atoms with Gasteiger partial charge >= 0.3 is 0 Å². The summed E-state index contributed by atoms with van der Waals surface area (Å²) in [7, 11) is 0. The van der Waals surface area contributed by atoms with Crippen LogP contribution in [-0.2, 0) is 11.3 Å². The van der Waals surface area contributed by atoms with Crippen LogP contribution in [0.4, 0.5) is 0 Å². The van der Waals surface area contributed by atoms with Gasteiger partial charge < -0.3 is 4.90 Å². The predicted octanol–water partition coefficient (Wildman–Crippen LogP) is 5.65. The summed E-state index contributed by atoms with van der Waals surface area (Å²) in [5, 5.41) is 0. The first-order valence-electron chi connectivity index (χ1n) is 11.8. The lowest BCUT2D eigenvalue weighted by Gasteiger charge is -2.34. The van der Waals surface area contributed by atoms with Gasteiger partial charge in [0.05, 0.1) is 23.5 Å². The molecule has 170 valence electrons. The summed E-state index contributed by atoms with van der Waals surface area (Å²) in [5.41, 5.74) is 3.23. The summed E-state index contributed by atoms with van der Waals surface area (Å²) in [6.45, 7) is 8.59. The number of halogens is 1. The Morgan fingerprint density at radius 2 is 1.81 bits per heavy atom. The highest BCUT2D eigenvalue weighted by Crippen LogP contribution is 2.26. The lowest BCUT2D eigenvalue weighted by atomic mass is 9.96. The number of benzene rings is 2. The number of imidazole rings is 1. The molecule has 2 aromatic carbocycles. The van der Waals surface area contributed by atoms with E-state index >= 15 is 0 Å². The lowest BCUT2D eigenvalue weighted by molar-refractivity contribution is -0.137. The molecule has 0 spiro atoms. The third-order valence-corrected chi connectivity index (χ3v) is 6.76. The summed E-state index contributed by atoms with van der Waals surface area (Å²) in [6.07, 6.45) is 4.07. The van der Waals surface area contributed by atoms with Crippen molar-refractivity contribution in [3.8, 4) is 5.69 Å². The maximum Gasteiger partial charge on any atom is 0.226 e. The van der Waals surface area contributed by atoms with Gasteiger partial charge in [-0.1, -0.05) is 41.9 Å². The van der Waals surface area contributed by atoms with Gasteiger partial charge in [-0.25, -0.2) is 4.98 Å². The SMILES string of the molecule is CCCN(CCC)C(=O)[C@H]1CCCN(Cc2nc3ccccc3n2-c2ccc(Br)cc2)C1. The van der Waals surface area contributed by atoms with Crippen molar-refractivity contribution >= 4 is 32.9 Å². The Labute approximate surface area is 199 Å². The fraction of sp³-hybridized carbons (Fsp3) is 0.462. The highest BCUT2D eigenvalue weighted by atomic mass is 79.9. The van der Waals surface area contributed by atoms with E-state index in [0.717, 1.165) is 85.4 Å². The second kappa shape index (κ2) is 10.6. The summed E-state index contributed by atoms with van der Waals surface area (Å²) in [4.78, 5) is 22.7. The molecule has 0 saturated carbocycles. The number of amides is 1. The summed E-state index contributed by atoms with van der Waals surface area (Å²) < 4.78 is 3.32. The van der Waals surface area contributed by atoms with Crippen LogP contribution in [0.15, 0.2) is 53.0 Å². The standard InChI is InChI=1S/C26H33BrN4O/c1-3-15-30(16-4-2)26(32)20-8-7-17-29(18-20)19-25-28-23-9-5-6-10-24(23)31(25)22-13-11-21(27)12-14-22/h5-6,9-14,20H,3-4,7-8,15-19H2,1-2H3/t20-/m0/s1. The molecule has 1 fully saturated rings. The van der Waals surface area contributed by atoms with Crippen LogP contribution in [0.5, 0.6) is 0 Å². The molecule has 5 nitrogen and oxygen atoms in total. The highest BCUT2D eigenvalue weighted by molar-refractivity contribution is 9.10. The average molecular weight is 497 g/mol. The first-order chi connectivity index (χ1) is 15.6. The number of aromatic nitrogens is 2.